The first-order valence-corrected chi connectivity index (χ1v) is 11.0. The number of benzene rings is 1. The Labute approximate surface area is 177 Å². The van der Waals surface area contributed by atoms with E-state index < -0.39 is 0 Å². The number of rotatable bonds is 4. The zero-order valence-corrected chi connectivity index (χ0v) is 17.0. The van der Waals surface area contributed by atoms with Crippen LogP contribution in [0.3, 0.4) is 0 Å². The summed E-state index contributed by atoms with van der Waals surface area (Å²) in [5, 5.41) is 1.31. The van der Waals surface area contributed by atoms with Crippen molar-refractivity contribution in [3.05, 3.63) is 95.5 Å². The van der Waals surface area contributed by atoms with Crippen LogP contribution in [-0.4, -0.2) is 21.8 Å². The molecule has 30 heavy (non-hydrogen) atoms. The zero-order chi connectivity index (χ0) is 19.9. The summed E-state index contributed by atoms with van der Waals surface area (Å²) >= 11 is 0. The second-order valence-electron chi connectivity index (χ2n) is 8.64. The molecule has 148 valence electrons. The number of allylic oxidation sites excluding steroid dienone is 5. The van der Waals surface area contributed by atoms with Crippen LogP contribution in [0, 0.1) is 11.8 Å². The van der Waals surface area contributed by atoms with E-state index in [4.69, 9.17) is 4.99 Å². The lowest BCUT2D eigenvalue weighted by atomic mass is 9.95. The van der Waals surface area contributed by atoms with Crippen LogP contribution >= 0.6 is 0 Å². The normalized spacial score (nSPS) is 23.9. The van der Waals surface area contributed by atoms with E-state index in [2.05, 4.69) is 70.4 Å². The molecule has 0 bridgehead atoms. The molecule has 2 aromatic heterocycles. The Kier molecular flexibility index (Phi) is 4.26. The van der Waals surface area contributed by atoms with Crippen LogP contribution in [0.25, 0.3) is 17.0 Å². The number of hydrogen-bond acceptors (Lipinski definition) is 2. The van der Waals surface area contributed by atoms with Gasteiger partial charge in [0.05, 0.1) is 5.71 Å². The molecule has 0 saturated heterocycles. The largest absolute Gasteiger partial charge is 0.342 e. The van der Waals surface area contributed by atoms with E-state index in [-0.39, 0.29) is 0 Å². The second-order valence-corrected chi connectivity index (χ2v) is 8.64. The first-order valence-electron chi connectivity index (χ1n) is 11.0. The van der Waals surface area contributed by atoms with Crippen molar-refractivity contribution in [3.63, 3.8) is 0 Å². The highest BCUT2D eigenvalue weighted by molar-refractivity contribution is 6.15. The van der Waals surface area contributed by atoms with Crippen molar-refractivity contribution < 1.29 is 0 Å². The lowest BCUT2D eigenvalue weighted by Crippen LogP contribution is -2.11. The number of nitrogens with zero attached hydrogens (tertiary/aromatic N) is 3. The second kappa shape index (κ2) is 7.24. The number of aliphatic imine (C=N–C) groups is 1. The molecule has 2 atom stereocenters. The molecule has 0 N–H and O–H groups in total. The van der Waals surface area contributed by atoms with Crippen LogP contribution in [0.2, 0.25) is 0 Å². The molecule has 3 aromatic rings. The molecule has 2 unspecified atom stereocenters. The average Bonchev–Trinajstić information content (AvgIpc) is 3.50. The first-order chi connectivity index (χ1) is 14.8. The third-order valence-electron chi connectivity index (χ3n) is 6.49. The van der Waals surface area contributed by atoms with Gasteiger partial charge in [-0.25, -0.2) is 0 Å². The third-order valence-corrected chi connectivity index (χ3v) is 6.49. The molecule has 3 heterocycles. The lowest BCUT2D eigenvalue weighted by molar-refractivity contribution is 0.811. The quantitative estimate of drug-likeness (QED) is 0.550. The monoisotopic (exact) mass is 391 g/mol. The molecule has 6 rings (SSSR count). The van der Waals surface area contributed by atoms with E-state index in [1.165, 1.54) is 34.0 Å². The van der Waals surface area contributed by atoms with Crippen LogP contribution in [0.4, 0.5) is 0 Å². The summed E-state index contributed by atoms with van der Waals surface area (Å²) in [6.45, 7) is 1.83. The van der Waals surface area contributed by atoms with Gasteiger partial charge in [-0.15, -0.1) is 0 Å². The van der Waals surface area contributed by atoms with Gasteiger partial charge in [0.25, 0.3) is 0 Å². The van der Waals surface area contributed by atoms with E-state index in [1.54, 1.807) is 0 Å². The van der Waals surface area contributed by atoms with Gasteiger partial charge in [-0.2, -0.15) is 0 Å². The maximum absolute atomic E-state index is 4.85. The molecule has 1 fully saturated rings. The van der Waals surface area contributed by atoms with Crippen molar-refractivity contribution >= 4 is 22.7 Å². The fourth-order valence-electron chi connectivity index (χ4n) is 4.84. The van der Waals surface area contributed by atoms with Crippen LogP contribution in [-0.2, 0) is 6.54 Å². The van der Waals surface area contributed by atoms with E-state index in [1.807, 2.05) is 18.5 Å². The fourth-order valence-corrected chi connectivity index (χ4v) is 4.84. The van der Waals surface area contributed by atoms with E-state index >= 15 is 0 Å². The van der Waals surface area contributed by atoms with E-state index in [9.17, 15) is 0 Å². The van der Waals surface area contributed by atoms with Crippen LogP contribution in [0.15, 0.2) is 89.4 Å². The highest BCUT2D eigenvalue weighted by Gasteiger charge is 2.34. The molecular formula is C27H25N3. The Morgan fingerprint density at radius 2 is 2.07 bits per heavy atom. The van der Waals surface area contributed by atoms with Gasteiger partial charge in [-0.3, -0.25) is 9.98 Å². The summed E-state index contributed by atoms with van der Waals surface area (Å²) in [7, 11) is 0. The van der Waals surface area contributed by atoms with Gasteiger partial charge >= 0.3 is 0 Å². The van der Waals surface area contributed by atoms with Gasteiger partial charge in [-0.1, -0.05) is 36.4 Å². The molecule has 3 nitrogen and oxygen atoms in total. The van der Waals surface area contributed by atoms with Crippen molar-refractivity contribution in [2.24, 2.45) is 16.8 Å². The Balaban J connectivity index is 1.40. The van der Waals surface area contributed by atoms with Gasteiger partial charge < -0.3 is 4.57 Å². The SMILES string of the molecule is C1=CC2CC2C=C1Cn1cc(/C=C2\CCCN=C2c2cccnc2)c2ccccc21. The Morgan fingerprint density at radius 1 is 1.10 bits per heavy atom. The summed E-state index contributed by atoms with van der Waals surface area (Å²) < 4.78 is 2.41. The topological polar surface area (TPSA) is 30.2 Å². The summed E-state index contributed by atoms with van der Waals surface area (Å²) in [5.74, 6) is 1.60. The van der Waals surface area contributed by atoms with E-state index in [0.717, 1.165) is 49.0 Å². The average molecular weight is 392 g/mol. The van der Waals surface area contributed by atoms with Crippen LogP contribution in [0.5, 0.6) is 0 Å². The predicted molar refractivity (Wildman–Crippen MR) is 124 cm³/mol. The lowest BCUT2D eigenvalue weighted by Gasteiger charge is -2.16. The molecule has 0 spiro atoms. The van der Waals surface area contributed by atoms with Crippen molar-refractivity contribution in [2.45, 2.75) is 25.8 Å². The fraction of sp³-hybridized carbons (Fsp3) is 0.259. The predicted octanol–water partition coefficient (Wildman–Crippen LogP) is 5.84. The first kappa shape index (κ1) is 17.6. The summed E-state index contributed by atoms with van der Waals surface area (Å²) in [6, 6.07) is 12.9. The Morgan fingerprint density at radius 3 is 2.97 bits per heavy atom. The minimum Gasteiger partial charge on any atom is -0.342 e. The molecule has 1 saturated carbocycles. The Hall–Kier alpha value is -3.20. The van der Waals surface area contributed by atoms with Crippen molar-refractivity contribution in [1.29, 1.82) is 0 Å². The summed E-state index contributed by atoms with van der Waals surface area (Å²) in [6.07, 6.45) is 19.1. The van der Waals surface area contributed by atoms with Crippen molar-refractivity contribution in [1.82, 2.24) is 9.55 Å². The molecule has 2 aliphatic carbocycles. The molecule has 1 aliphatic heterocycles. The Bertz CT molecular complexity index is 1220. The summed E-state index contributed by atoms with van der Waals surface area (Å²) in [5.41, 5.74) is 7.54. The molecule has 0 amide bonds. The standard InChI is InChI=1S/C27H25N3/c1-2-8-26-25(7-1)24(18-30(26)17-19-9-10-20-14-23(20)13-19)15-21-5-4-12-29-27(21)22-6-3-11-28-16-22/h1-3,6-11,13,15-16,18,20,23H,4-5,12,14,17H2/b21-15+. The van der Waals surface area contributed by atoms with Gasteiger partial charge in [0.2, 0.25) is 0 Å². The van der Waals surface area contributed by atoms with Crippen molar-refractivity contribution in [2.75, 3.05) is 6.54 Å². The highest BCUT2D eigenvalue weighted by Crippen LogP contribution is 2.44. The van der Waals surface area contributed by atoms with Gasteiger partial charge in [0, 0.05) is 53.7 Å². The van der Waals surface area contributed by atoms with Crippen LogP contribution < -0.4 is 0 Å². The molecule has 1 aromatic carbocycles. The molecule has 3 heteroatoms. The van der Waals surface area contributed by atoms with Crippen LogP contribution in [0.1, 0.15) is 30.4 Å². The number of hydrogen-bond donors (Lipinski definition) is 0. The van der Waals surface area contributed by atoms with Gasteiger partial charge in [-0.05, 0) is 66.5 Å². The zero-order valence-electron chi connectivity index (χ0n) is 17.0. The smallest absolute Gasteiger partial charge is 0.0694 e. The third kappa shape index (κ3) is 3.24. The van der Waals surface area contributed by atoms with Crippen molar-refractivity contribution in [3.8, 4) is 0 Å². The molecular weight excluding hydrogens is 366 g/mol. The number of pyridine rings is 1. The minimum absolute atomic E-state index is 0.786. The minimum atomic E-state index is 0.786. The number of fused-ring (bicyclic) bond motifs is 2. The number of aromatic nitrogens is 2. The number of para-hydroxylation sites is 1. The van der Waals surface area contributed by atoms with E-state index in [0.29, 0.717) is 0 Å². The maximum Gasteiger partial charge on any atom is 0.0694 e. The molecule has 3 aliphatic rings. The van der Waals surface area contributed by atoms with Gasteiger partial charge in [0.15, 0.2) is 0 Å². The summed E-state index contributed by atoms with van der Waals surface area (Å²) in [4.78, 5) is 9.16. The maximum atomic E-state index is 4.85. The molecule has 0 radical (unpaired) electrons. The van der Waals surface area contributed by atoms with Gasteiger partial charge in [0.1, 0.15) is 0 Å². The highest BCUT2D eigenvalue weighted by atomic mass is 15.0.